The van der Waals surface area contributed by atoms with Gasteiger partial charge in [0.25, 0.3) is 10.0 Å². The van der Waals surface area contributed by atoms with Gasteiger partial charge in [0, 0.05) is 6.54 Å². The molecular formula is C17H15N3O4S. The summed E-state index contributed by atoms with van der Waals surface area (Å²) in [6.07, 6.45) is 0.364. The van der Waals surface area contributed by atoms with Crippen LogP contribution in [0.5, 0.6) is 0 Å². The summed E-state index contributed by atoms with van der Waals surface area (Å²) < 4.78 is 27.5. The number of rotatable bonds is 2. The van der Waals surface area contributed by atoms with E-state index in [-0.39, 0.29) is 17.0 Å². The van der Waals surface area contributed by atoms with Gasteiger partial charge in [-0.15, -0.1) is 0 Å². The van der Waals surface area contributed by atoms with E-state index in [9.17, 15) is 18.0 Å². The summed E-state index contributed by atoms with van der Waals surface area (Å²) >= 11 is 0. The summed E-state index contributed by atoms with van der Waals surface area (Å²) in [5.74, 6) is -0.905. The summed E-state index contributed by atoms with van der Waals surface area (Å²) in [4.78, 5) is 23.4. The third-order valence-electron chi connectivity index (χ3n) is 4.29. The Morgan fingerprint density at radius 2 is 1.64 bits per heavy atom. The smallest absolute Gasteiger partial charge is 0.264 e. The zero-order valence-electron chi connectivity index (χ0n) is 13.2. The first-order valence-corrected chi connectivity index (χ1v) is 9.23. The Labute approximate surface area is 144 Å². The fraction of sp³-hybridized carbons (Fsp3) is 0.176. The van der Waals surface area contributed by atoms with E-state index in [1.807, 2.05) is 12.1 Å². The molecule has 25 heavy (non-hydrogen) atoms. The van der Waals surface area contributed by atoms with Crippen molar-refractivity contribution in [3.63, 3.8) is 0 Å². The number of carbonyl (C=O) groups is 2. The van der Waals surface area contributed by atoms with E-state index in [4.69, 9.17) is 0 Å². The van der Waals surface area contributed by atoms with Crippen LogP contribution in [-0.2, 0) is 26.0 Å². The second-order valence-corrected chi connectivity index (χ2v) is 7.80. The van der Waals surface area contributed by atoms with Gasteiger partial charge in [-0.1, -0.05) is 18.2 Å². The Morgan fingerprint density at radius 3 is 2.44 bits per heavy atom. The van der Waals surface area contributed by atoms with Crippen LogP contribution < -0.4 is 14.9 Å². The third-order valence-corrected chi connectivity index (χ3v) is 6.10. The highest BCUT2D eigenvalue weighted by atomic mass is 32.2. The van der Waals surface area contributed by atoms with Crippen molar-refractivity contribution in [3.8, 4) is 0 Å². The fourth-order valence-corrected chi connectivity index (χ4v) is 4.65. The quantitative estimate of drug-likeness (QED) is 0.800. The molecule has 2 aliphatic rings. The van der Waals surface area contributed by atoms with E-state index >= 15 is 0 Å². The molecule has 4 rings (SSSR count). The molecule has 0 bridgehead atoms. The van der Waals surface area contributed by atoms with Crippen molar-refractivity contribution in [1.82, 2.24) is 0 Å². The fourth-order valence-electron chi connectivity index (χ4n) is 3.12. The second-order valence-electron chi connectivity index (χ2n) is 5.94. The van der Waals surface area contributed by atoms with Crippen molar-refractivity contribution in [3.05, 3.63) is 48.0 Å². The minimum Gasteiger partial charge on any atom is -0.324 e. The minimum atomic E-state index is -3.76. The normalized spacial score (nSPS) is 16.6. The highest BCUT2D eigenvalue weighted by molar-refractivity contribution is 7.92. The molecule has 128 valence electrons. The number of fused-ring (bicyclic) bond motifs is 2. The van der Waals surface area contributed by atoms with E-state index < -0.39 is 21.8 Å². The molecule has 0 aromatic heterocycles. The molecule has 0 fully saturated rings. The Morgan fingerprint density at radius 1 is 0.920 bits per heavy atom. The lowest BCUT2D eigenvalue weighted by molar-refractivity contribution is -0.123. The van der Waals surface area contributed by atoms with Gasteiger partial charge in [0.1, 0.15) is 6.42 Å². The molecule has 0 saturated carbocycles. The van der Waals surface area contributed by atoms with Crippen LogP contribution in [0.25, 0.3) is 0 Å². The summed E-state index contributed by atoms with van der Waals surface area (Å²) in [6.45, 7) is 0.377. The number of benzene rings is 2. The van der Waals surface area contributed by atoms with Crippen molar-refractivity contribution in [2.24, 2.45) is 0 Å². The molecule has 8 heteroatoms. The lowest BCUT2D eigenvalue weighted by Crippen LogP contribution is -2.29. The average molecular weight is 357 g/mol. The van der Waals surface area contributed by atoms with Crippen molar-refractivity contribution < 1.29 is 18.0 Å². The van der Waals surface area contributed by atoms with Gasteiger partial charge in [0.2, 0.25) is 11.8 Å². The summed E-state index contributed by atoms with van der Waals surface area (Å²) in [5, 5.41) is 5.16. The molecule has 0 spiro atoms. The van der Waals surface area contributed by atoms with E-state index in [0.29, 0.717) is 24.3 Å². The van der Waals surface area contributed by atoms with Gasteiger partial charge in [0.05, 0.1) is 22.0 Å². The number of nitrogens with zero attached hydrogens (tertiary/aromatic N) is 1. The molecule has 2 aromatic rings. The zero-order chi connectivity index (χ0) is 17.6. The minimum absolute atomic E-state index is 0.0689. The third kappa shape index (κ3) is 2.64. The van der Waals surface area contributed by atoms with Gasteiger partial charge < -0.3 is 10.6 Å². The van der Waals surface area contributed by atoms with Crippen LogP contribution in [0.4, 0.5) is 17.1 Å². The van der Waals surface area contributed by atoms with Gasteiger partial charge in [-0.05, 0) is 36.2 Å². The number of amides is 2. The lowest BCUT2D eigenvalue weighted by atomic mass is 10.2. The van der Waals surface area contributed by atoms with Crippen LogP contribution in [0.15, 0.2) is 47.4 Å². The van der Waals surface area contributed by atoms with Crippen LogP contribution in [0.2, 0.25) is 0 Å². The predicted octanol–water partition coefficient (Wildman–Crippen LogP) is 1.72. The lowest BCUT2D eigenvalue weighted by Gasteiger charge is -2.20. The SMILES string of the molecule is O=C1CC(=O)Nc2cc(S(=O)(=O)N3CCc4ccccc43)ccc2N1. The number of carbonyl (C=O) groups excluding carboxylic acids is 2. The maximum Gasteiger partial charge on any atom is 0.264 e. The van der Waals surface area contributed by atoms with E-state index in [1.54, 1.807) is 12.1 Å². The molecular weight excluding hydrogens is 342 g/mol. The molecule has 0 aliphatic carbocycles. The first kappa shape index (κ1) is 15.6. The largest absolute Gasteiger partial charge is 0.324 e. The van der Waals surface area contributed by atoms with E-state index in [0.717, 1.165) is 5.56 Å². The van der Waals surface area contributed by atoms with Crippen molar-refractivity contribution >= 4 is 38.9 Å². The molecule has 2 N–H and O–H groups in total. The number of anilines is 3. The molecule has 0 saturated heterocycles. The van der Waals surface area contributed by atoms with E-state index in [1.165, 1.54) is 22.5 Å². The molecule has 7 nitrogen and oxygen atoms in total. The Hall–Kier alpha value is -2.87. The van der Waals surface area contributed by atoms with Gasteiger partial charge >= 0.3 is 0 Å². The number of nitrogens with one attached hydrogen (secondary N) is 2. The van der Waals surface area contributed by atoms with Gasteiger partial charge in [-0.25, -0.2) is 8.42 Å². The average Bonchev–Trinajstić information content (AvgIpc) is 2.94. The van der Waals surface area contributed by atoms with Crippen molar-refractivity contribution in [2.75, 3.05) is 21.5 Å². The molecule has 2 aromatic carbocycles. The van der Waals surface area contributed by atoms with Crippen LogP contribution in [0.1, 0.15) is 12.0 Å². The summed E-state index contributed by atoms with van der Waals surface area (Å²) in [6, 6.07) is 11.7. The molecule has 2 amide bonds. The van der Waals surface area contributed by atoms with Gasteiger partial charge in [-0.3, -0.25) is 13.9 Å². The standard InChI is InChI=1S/C17H15N3O4S/c21-16-10-17(22)19-14-9-12(5-6-13(14)18-16)25(23,24)20-8-7-11-3-1-2-4-15(11)20/h1-6,9H,7-8,10H2,(H,18,21)(H,19,22). The van der Waals surface area contributed by atoms with Crippen LogP contribution in [-0.4, -0.2) is 26.8 Å². The Bertz CT molecular complexity index is 1000. The molecule has 0 atom stereocenters. The molecule has 2 heterocycles. The summed E-state index contributed by atoms with van der Waals surface area (Å²) in [5.41, 5.74) is 2.33. The topological polar surface area (TPSA) is 95.6 Å². The van der Waals surface area contributed by atoms with Gasteiger partial charge in [0.15, 0.2) is 0 Å². The number of sulfonamides is 1. The zero-order valence-corrected chi connectivity index (χ0v) is 14.0. The monoisotopic (exact) mass is 357 g/mol. The molecule has 0 unspecified atom stereocenters. The Balaban J connectivity index is 1.75. The van der Waals surface area contributed by atoms with Gasteiger partial charge in [-0.2, -0.15) is 0 Å². The predicted molar refractivity (Wildman–Crippen MR) is 93.0 cm³/mol. The first-order valence-electron chi connectivity index (χ1n) is 7.79. The van der Waals surface area contributed by atoms with Crippen LogP contribution in [0, 0.1) is 0 Å². The van der Waals surface area contributed by atoms with E-state index in [2.05, 4.69) is 10.6 Å². The highest BCUT2D eigenvalue weighted by Gasteiger charge is 2.31. The number of hydrogen-bond donors (Lipinski definition) is 2. The van der Waals surface area contributed by atoms with Crippen LogP contribution in [0.3, 0.4) is 0 Å². The van der Waals surface area contributed by atoms with Crippen molar-refractivity contribution in [2.45, 2.75) is 17.7 Å². The molecule has 2 aliphatic heterocycles. The number of hydrogen-bond acceptors (Lipinski definition) is 4. The highest BCUT2D eigenvalue weighted by Crippen LogP contribution is 2.35. The van der Waals surface area contributed by atoms with Crippen molar-refractivity contribution in [1.29, 1.82) is 0 Å². The number of para-hydroxylation sites is 1. The first-order chi connectivity index (χ1) is 11.9. The van der Waals surface area contributed by atoms with Crippen LogP contribution >= 0.6 is 0 Å². The second kappa shape index (κ2) is 5.59. The molecule has 0 radical (unpaired) electrons. The Kier molecular flexibility index (Phi) is 3.50. The summed E-state index contributed by atoms with van der Waals surface area (Å²) in [7, 11) is -3.76. The maximum atomic E-state index is 13.0. The maximum absolute atomic E-state index is 13.0.